The molecule has 2 rings (SSSR count). The minimum atomic E-state index is -0.482. The Morgan fingerprint density at radius 1 is 1.24 bits per heavy atom. The van der Waals surface area contributed by atoms with Gasteiger partial charge in [-0.1, -0.05) is 0 Å². The third kappa shape index (κ3) is 2.84. The molecule has 0 aliphatic carbocycles. The summed E-state index contributed by atoms with van der Waals surface area (Å²) in [4.78, 5) is 0. The van der Waals surface area contributed by atoms with Crippen LogP contribution >= 0.6 is 15.9 Å². The molecule has 1 aromatic rings. The van der Waals surface area contributed by atoms with Gasteiger partial charge in [-0.25, -0.2) is 8.78 Å². The highest BCUT2D eigenvalue weighted by molar-refractivity contribution is 9.10. The Morgan fingerprint density at radius 2 is 1.88 bits per heavy atom. The van der Waals surface area contributed by atoms with Crippen LogP contribution in [0.1, 0.15) is 24.4 Å². The van der Waals surface area contributed by atoms with E-state index >= 15 is 0 Å². The second-order valence-electron chi connectivity index (χ2n) is 4.26. The molecule has 1 atom stereocenters. The van der Waals surface area contributed by atoms with Gasteiger partial charge in [-0.05, 0) is 46.8 Å². The molecule has 17 heavy (non-hydrogen) atoms. The van der Waals surface area contributed by atoms with Crippen LogP contribution < -0.4 is 5.73 Å². The molecule has 94 valence electrons. The van der Waals surface area contributed by atoms with Crippen LogP contribution in [0.2, 0.25) is 0 Å². The average molecular weight is 306 g/mol. The molecular weight excluding hydrogens is 292 g/mol. The molecule has 0 saturated carbocycles. The average Bonchev–Trinajstić information content (AvgIpc) is 2.34. The van der Waals surface area contributed by atoms with Crippen LogP contribution in [0.25, 0.3) is 0 Å². The van der Waals surface area contributed by atoms with Gasteiger partial charge in [-0.2, -0.15) is 0 Å². The van der Waals surface area contributed by atoms with Crippen molar-refractivity contribution in [2.75, 3.05) is 13.2 Å². The monoisotopic (exact) mass is 305 g/mol. The molecule has 1 fully saturated rings. The van der Waals surface area contributed by atoms with Crippen LogP contribution in [-0.4, -0.2) is 13.2 Å². The van der Waals surface area contributed by atoms with Gasteiger partial charge in [0, 0.05) is 24.8 Å². The highest BCUT2D eigenvalue weighted by Gasteiger charge is 2.25. The lowest BCUT2D eigenvalue weighted by molar-refractivity contribution is 0.0579. The topological polar surface area (TPSA) is 35.2 Å². The second-order valence-corrected chi connectivity index (χ2v) is 5.12. The summed E-state index contributed by atoms with van der Waals surface area (Å²) >= 11 is 2.95. The first kappa shape index (κ1) is 12.9. The molecule has 1 aliphatic rings. The Morgan fingerprint density at radius 3 is 2.53 bits per heavy atom. The van der Waals surface area contributed by atoms with E-state index in [1.165, 1.54) is 6.07 Å². The smallest absolute Gasteiger partial charge is 0.137 e. The molecule has 0 amide bonds. The molecule has 0 bridgehead atoms. The van der Waals surface area contributed by atoms with Crippen molar-refractivity contribution < 1.29 is 13.5 Å². The number of rotatable bonds is 2. The summed E-state index contributed by atoms with van der Waals surface area (Å²) in [6.07, 6.45) is 1.58. The van der Waals surface area contributed by atoms with Crippen molar-refractivity contribution in [3.05, 3.63) is 33.8 Å². The van der Waals surface area contributed by atoms with Crippen molar-refractivity contribution in [2.24, 2.45) is 11.7 Å². The molecular formula is C12H14BrF2NO. The first-order valence-corrected chi connectivity index (χ1v) is 6.36. The summed E-state index contributed by atoms with van der Waals surface area (Å²) in [5, 5.41) is 0. The van der Waals surface area contributed by atoms with E-state index in [-0.39, 0.29) is 16.0 Å². The lowest BCUT2D eigenvalue weighted by Gasteiger charge is -2.28. The molecule has 2 N–H and O–H groups in total. The molecule has 2 nitrogen and oxygen atoms in total. The maximum Gasteiger partial charge on any atom is 0.137 e. The van der Waals surface area contributed by atoms with E-state index in [0.717, 1.165) is 18.9 Å². The maximum absolute atomic E-state index is 13.7. The van der Waals surface area contributed by atoms with Gasteiger partial charge in [-0.15, -0.1) is 0 Å². The van der Waals surface area contributed by atoms with E-state index in [4.69, 9.17) is 10.5 Å². The van der Waals surface area contributed by atoms with Crippen LogP contribution in [0.15, 0.2) is 16.6 Å². The zero-order valence-electron chi connectivity index (χ0n) is 9.26. The molecule has 0 spiro atoms. The lowest BCUT2D eigenvalue weighted by Crippen LogP contribution is -2.28. The second kappa shape index (κ2) is 5.42. The number of halogens is 3. The van der Waals surface area contributed by atoms with Gasteiger partial charge >= 0.3 is 0 Å². The van der Waals surface area contributed by atoms with Gasteiger partial charge in [-0.3, -0.25) is 0 Å². The molecule has 1 unspecified atom stereocenters. The SMILES string of the molecule is NC(c1cc(F)c(Br)cc1F)C1CCOCC1. The standard InChI is InChI=1S/C12H14BrF2NO/c13-9-6-10(14)8(5-11(9)15)12(16)7-1-3-17-4-2-7/h5-7,12H,1-4,16H2. The van der Waals surface area contributed by atoms with Crippen LogP contribution in [-0.2, 0) is 4.74 Å². The van der Waals surface area contributed by atoms with Gasteiger partial charge in [0.15, 0.2) is 0 Å². The number of hydrogen-bond donors (Lipinski definition) is 1. The van der Waals surface area contributed by atoms with Gasteiger partial charge in [0.05, 0.1) is 4.47 Å². The molecule has 5 heteroatoms. The van der Waals surface area contributed by atoms with E-state index in [1.54, 1.807) is 0 Å². The summed E-state index contributed by atoms with van der Waals surface area (Å²) < 4.78 is 32.5. The summed E-state index contributed by atoms with van der Waals surface area (Å²) in [5.41, 5.74) is 6.26. The van der Waals surface area contributed by atoms with Gasteiger partial charge in [0.25, 0.3) is 0 Å². The highest BCUT2D eigenvalue weighted by Crippen LogP contribution is 2.31. The predicted octanol–water partition coefficient (Wildman–Crippen LogP) is 3.15. The first-order valence-electron chi connectivity index (χ1n) is 5.57. The summed E-state index contributed by atoms with van der Waals surface area (Å²) in [6.45, 7) is 1.28. The van der Waals surface area contributed by atoms with Crippen molar-refractivity contribution in [2.45, 2.75) is 18.9 Å². The van der Waals surface area contributed by atoms with E-state index in [0.29, 0.717) is 13.2 Å². The lowest BCUT2D eigenvalue weighted by atomic mass is 9.87. The number of benzene rings is 1. The minimum Gasteiger partial charge on any atom is -0.381 e. The molecule has 1 heterocycles. The van der Waals surface area contributed by atoms with Crippen molar-refractivity contribution in [3.63, 3.8) is 0 Å². The molecule has 1 saturated heterocycles. The fourth-order valence-electron chi connectivity index (χ4n) is 2.12. The molecule has 1 aliphatic heterocycles. The van der Waals surface area contributed by atoms with E-state index in [9.17, 15) is 8.78 Å². The summed E-state index contributed by atoms with van der Waals surface area (Å²) in [5.74, 6) is -0.792. The first-order chi connectivity index (χ1) is 8.09. The zero-order valence-corrected chi connectivity index (χ0v) is 10.8. The Hall–Kier alpha value is -0.520. The predicted molar refractivity (Wildman–Crippen MR) is 64.5 cm³/mol. The third-order valence-corrected chi connectivity index (χ3v) is 3.78. The van der Waals surface area contributed by atoms with Crippen molar-refractivity contribution >= 4 is 15.9 Å². The molecule has 0 radical (unpaired) electrons. The number of ether oxygens (including phenoxy) is 1. The van der Waals surface area contributed by atoms with Crippen LogP contribution in [0.4, 0.5) is 8.78 Å². The molecule has 0 aromatic heterocycles. The number of hydrogen-bond acceptors (Lipinski definition) is 2. The minimum absolute atomic E-state index is 0.123. The Balaban J connectivity index is 2.23. The fourth-order valence-corrected chi connectivity index (χ4v) is 2.44. The Bertz CT molecular complexity index is 408. The highest BCUT2D eigenvalue weighted by atomic mass is 79.9. The van der Waals surface area contributed by atoms with Gasteiger partial charge in [0.2, 0.25) is 0 Å². The largest absolute Gasteiger partial charge is 0.381 e. The van der Waals surface area contributed by atoms with Crippen LogP contribution in [0, 0.1) is 17.6 Å². The Labute approximate surface area is 107 Å². The number of nitrogens with two attached hydrogens (primary N) is 1. The van der Waals surface area contributed by atoms with Crippen molar-refractivity contribution in [1.29, 1.82) is 0 Å². The van der Waals surface area contributed by atoms with Crippen LogP contribution in [0.3, 0.4) is 0 Å². The normalized spacial score (nSPS) is 19.3. The van der Waals surface area contributed by atoms with E-state index in [2.05, 4.69) is 15.9 Å². The summed E-state index contributed by atoms with van der Waals surface area (Å²) in [6, 6.07) is 1.84. The summed E-state index contributed by atoms with van der Waals surface area (Å²) in [7, 11) is 0. The molecule has 1 aromatic carbocycles. The van der Waals surface area contributed by atoms with Gasteiger partial charge in [0.1, 0.15) is 11.6 Å². The van der Waals surface area contributed by atoms with E-state index in [1.807, 2.05) is 0 Å². The fraction of sp³-hybridized carbons (Fsp3) is 0.500. The van der Waals surface area contributed by atoms with Gasteiger partial charge < -0.3 is 10.5 Å². The maximum atomic E-state index is 13.7. The Kier molecular flexibility index (Phi) is 4.12. The third-order valence-electron chi connectivity index (χ3n) is 3.17. The quantitative estimate of drug-likeness (QED) is 0.852. The van der Waals surface area contributed by atoms with Crippen molar-refractivity contribution in [1.82, 2.24) is 0 Å². The van der Waals surface area contributed by atoms with Crippen LogP contribution in [0.5, 0.6) is 0 Å². The zero-order chi connectivity index (χ0) is 12.4. The van der Waals surface area contributed by atoms with E-state index < -0.39 is 17.7 Å². The van der Waals surface area contributed by atoms with Crippen molar-refractivity contribution in [3.8, 4) is 0 Å².